The van der Waals surface area contributed by atoms with Crippen molar-refractivity contribution in [1.29, 1.82) is 0 Å². The third-order valence-electron chi connectivity index (χ3n) is 18.8. The van der Waals surface area contributed by atoms with Gasteiger partial charge in [0.05, 0.1) is 79.3 Å². The normalized spacial score (nSPS) is 11.5. The van der Waals surface area contributed by atoms with Crippen LogP contribution in [0.5, 0.6) is 23.0 Å². The van der Waals surface area contributed by atoms with E-state index in [0.717, 1.165) is 123 Å². The minimum Gasteiger partial charge on any atom is -0.494 e. The molecule has 0 heterocycles. The Balaban J connectivity index is 0.000000465. The minimum atomic E-state index is -0.502. The summed E-state index contributed by atoms with van der Waals surface area (Å²) in [5, 5.41) is 0. The van der Waals surface area contributed by atoms with E-state index in [-0.39, 0.29) is 89.2 Å². The van der Waals surface area contributed by atoms with Gasteiger partial charge in [0.2, 0.25) is 0 Å². The molecule has 0 aliphatic heterocycles. The van der Waals surface area contributed by atoms with Crippen molar-refractivity contribution in [1.82, 2.24) is 0 Å². The van der Waals surface area contributed by atoms with Crippen LogP contribution < -0.4 is 18.9 Å². The fraction of sp³-hybridized carbons (Fsp3) is 0.509. The van der Waals surface area contributed by atoms with E-state index in [9.17, 15) is 38.4 Å². The van der Waals surface area contributed by atoms with Gasteiger partial charge in [-0.05, 0) is 216 Å². The van der Waals surface area contributed by atoms with Crippen molar-refractivity contribution in [2.75, 3.05) is 159 Å². The molecular formula is C106H148O28. The third kappa shape index (κ3) is 60.9. The number of hydrogen-bond donors (Lipinski definition) is 0. The molecule has 4 atom stereocenters. The maximum atomic E-state index is 12.4. The summed E-state index contributed by atoms with van der Waals surface area (Å²) in [6, 6.07) is 53.2. The number of carbonyl (C=O) groups is 8. The van der Waals surface area contributed by atoms with Crippen molar-refractivity contribution in [2.24, 2.45) is 0 Å². The van der Waals surface area contributed by atoms with Gasteiger partial charge in [0.1, 0.15) is 36.2 Å². The molecule has 0 bridgehead atoms. The summed E-state index contributed by atoms with van der Waals surface area (Å²) in [7, 11) is 0. The van der Waals surface area contributed by atoms with E-state index in [1.54, 1.807) is 27.7 Å². The van der Waals surface area contributed by atoms with E-state index < -0.39 is 48.3 Å². The van der Waals surface area contributed by atoms with Gasteiger partial charge in [0.15, 0.2) is 24.4 Å². The van der Waals surface area contributed by atoms with Gasteiger partial charge < -0.3 is 94.7 Å². The van der Waals surface area contributed by atoms with Crippen molar-refractivity contribution in [2.45, 2.75) is 195 Å². The molecule has 0 N–H and O–H groups in total. The van der Waals surface area contributed by atoms with Gasteiger partial charge in [0, 0.05) is 114 Å². The lowest BCUT2D eigenvalue weighted by Gasteiger charge is -2.18. The van der Waals surface area contributed by atoms with E-state index in [1.165, 1.54) is 0 Å². The first-order valence-electron chi connectivity index (χ1n) is 46.7. The zero-order chi connectivity index (χ0) is 97.5. The van der Waals surface area contributed by atoms with Crippen LogP contribution in [0, 0.1) is 0 Å². The number of benzene rings is 6. The van der Waals surface area contributed by atoms with Crippen molar-refractivity contribution >= 4 is 47.8 Å². The van der Waals surface area contributed by atoms with Gasteiger partial charge in [-0.1, -0.05) is 148 Å². The van der Waals surface area contributed by atoms with Crippen LogP contribution in [0.15, 0.2) is 218 Å². The molecule has 6 rings (SSSR count). The SMILES string of the molecule is C=C(C)C(=O)OCCCC(=O)OC(COCCCCOCC)c1ccccc1.C=C(C)C(=O)OCCCC(=O)OC(COCCCCOCCOc1ccc(OCC)cc1)c1ccccc1.C=C(C)C(=O)OCCCCC(=O)OC(COCCCCOCC)c1ccccc1.C=C(C)C(=O)OCCCCC(=O)OC(COCCCCOCCOc1ccc(OCC)cc1)c1ccccc1. The quantitative estimate of drug-likeness (QED) is 0.0148. The molecule has 28 nitrogen and oxygen atoms in total. The highest BCUT2D eigenvalue weighted by Gasteiger charge is 2.23. The maximum absolute atomic E-state index is 12.4. The first-order chi connectivity index (χ1) is 65.1. The Kier molecular flexibility index (Phi) is 68.4. The summed E-state index contributed by atoms with van der Waals surface area (Å²) < 4.78 is 110. The highest BCUT2D eigenvalue weighted by Crippen LogP contribution is 2.26. The Labute approximate surface area is 794 Å². The predicted octanol–water partition coefficient (Wildman–Crippen LogP) is 19.7. The molecule has 0 saturated heterocycles. The second kappa shape index (κ2) is 78.3. The average Bonchev–Trinajstić information content (AvgIpc) is 0.859. The molecule has 0 aliphatic carbocycles. The molecule has 0 saturated carbocycles. The van der Waals surface area contributed by atoms with E-state index >= 15 is 0 Å². The number of hydrogen-bond acceptors (Lipinski definition) is 28. The molecule has 0 aliphatic rings. The van der Waals surface area contributed by atoms with Gasteiger partial charge in [-0.25, -0.2) is 19.2 Å². The largest absolute Gasteiger partial charge is 0.494 e. The van der Waals surface area contributed by atoms with E-state index in [0.29, 0.717) is 153 Å². The number of carbonyl (C=O) groups excluding carboxylic acids is 8. The Hall–Kier alpha value is -11.1. The van der Waals surface area contributed by atoms with Crippen LogP contribution in [0.25, 0.3) is 0 Å². The Bertz CT molecular complexity index is 4130. The summed E-state index contributed by atoms with van der Waals surface area (Å²) in [4.78, 5) is 94.5. The van der Waals surface area contributed by atoms with Crippen molar-refractivity contribution in [3.8, 4) is 23.0 Å². The molecule has 4 unspecified atom stereocenters. The first kappa shape index (κ1) is 117. The molecule has 134 heavy (non-hydrogen) atoms. The topological polar surface area (TPSA) is 321 Å². The van der Waals surface area contributed by atoms with Gasteiger partial charge in [-0.2, -0.15) is 0 Å². The summed E-state index contributed by atoms with van der Waals surface area (Å²) in [5.41, 5.74) is 4.94. The third-order valence-corrected chi connectivity index (χ3v) is 18.8. The second-order valence-electron chi connectivity index (χ2n) is 30.6. The second-order valence-corrected chi connectivity index (χ2v) is 30.6. The standard InChI is InChI=1S/C31H42O8.C30H40O8.C23H34O6.C22H32O6/c1-4-36-27-15-17-28(18-16-27)37-23-22-34-19-10-11-20-35-24-29(26-12-6-5-7-13-26)39-30(32)14-8-9-21-38-31(33)25(2)3;1-4-35-26-14-16-27(17-15-26)36-22-21-33-18-8-9-19-34-23-28(25-11-6-5-7-12-25)38-29(31)13-10-20-37-30(32)24(2)3;1-4-26-15-10-11-16-27-18-21(20-12-6-5-7-13-20)29-22(24)14-8-9-17-28-23(25)19(2)3;1-4-25-14-8-9-15-26-17-20(19-11-6-5-7-12-19)28-21(23)13-10-16-27-22(24)18(2)3/h5-7,12-13,15-18,29H,2,4,8-11,14,19-24H2,1,3H3;5-7,11-12,14-17,28H,2,4,8-10,13,18-23H2,1,3H3;5-7,12-13,21H,2,4,8-11,14-18H2,1,3H3;5-7,11-12,20H,2,4,8-10,13-17H2,1,3H3. The Morgan fingerprint density at radius 3 is 0.664 bits per heavy atom. The number of ether oxygens (including phenoxy) is 20. The molecular weight excluding hydrogens is 1720 g/mol. The smallest absolute Gasteiger partial charge is 0.333 e. The number of esters is 8. The van der Waals surface area contributed by atoms with Crippen LogP contribution in [-0.2, 0) is 114 Å². The van der Waals surface area contributed by atoms with Gasteiger partial charge in [-0.3, -0.25) is 19.2 Å². The van der Waals surface area contributed by atoms with Crippen LogP contribution in [0.4, 0.5) is 0 Å². The van der Waals surface area contributed by atoms with E-state index in [2.05, 4.69) is 26.3 Å². The molecule has 0 amide bonds. The molecule has 6 aromatic carbocycles. The zero-order valence-corrected chi connectivity index (χ0v) is 80.4. The molecule has 28 heteroatoms. The summed E-state index contributed by atoms with van der Waals surface area (Å²) >= 11 is 0. The van der Waals surface area contributed by atoms with E-state index in [1.807, 2.05) is 198 Å². The highest BCUT2D eigenvalue weighted by molar-refractivity contribution is 5.88. The van der Waals surface area contributed by atoms with Crippen molar-refractivity contribution in [3.05, 3.63) is 241 Å². The predicted molar refractivity (Wildman–Crippen MR) is 511 cm³/mol. The van der Waals surface area contributed by atoms with Gasteiger partial charge in [0.25, 0.3) is 0 Å². The lowest BCUT2D eigenvalue weighted by atomic mass is 10.1. The molecule has 740 valence electrons. The molecule has 0 aromatic heterocycles. The zero-order valence-electron chi connectivity index (χ0n) is 80.4. The molecule has 0 spiro atoms. The van der Waals surface area contributed by atoms with Crippen LogP contribution in [0.2, 0.25) is 0 Å². The fourth-order valence-corrected chi connectivity index (χ4v) is 11.6. The Morgan fingerprint density at radius 1 is 0.224 bits per heavy atom. The number of rotatable bonds is 72. The average molecular weight is 1870 g/mol. The minimum absolute atomic E-state index is 0.142. The number of unbranched alkanes of at least 4 members (excludes halogenated alkanes) is 6. The first-order valence-corrected chi connectivity index (χ1v) is 46.7. The molecule has 6 aromatic rings. The van der Waals surface area contributed by atoms with Crippen LogP contribution in [0.1, 0.15) is 218 Å². The summed E-state index contributed by atoms with van der Waals surface area (Å²) in [6.45, 7) is 40.0. The van der Waals surface area contributed by atoms with Crippen LogP contribution in [0.3, 0.4) is 0 Å². The van der Waals surface area contributed by atoms with Gasteiger partial charge >= 0.3 is 47.8 Å². The van der Waals surface area contributed by atoms with Crippen molar-refractivity contribution in [3.63, 3.8) is 0 Å². The Morgan fingerprint density at radius 2 is 0.433 bits per heavy atom. The summed E-state index contributed by atoms with van der Waals surface area (Å²) in [5.74, 6) is 0.176. The lowest BCUT2D eigenvalue weighted by molar-refractivity contribution is -0.154. The van der Waals surface area contributed by atoms with Crippen LogP contribution in [-0.4, -0.2) is 206 Å². The molecule has 0 fully saturated rings. The van der Waals surface area contributed by atoms with Crippen LogP contribution >= 0.6 is 0 Å². The lowest BCUT2D eigenvalue weighted by Crippen LogP contribution is -2.17. The van der Waals surface area contributed by atoms with Crippen molar-refractivity contribution < 1.29 is 133 Å². The maximum Gasteiger partial charge on any atom is 0.333 e. The molecule has 0 radical (unpaired) electrons. The van der Waals surface area contributed by atoms with E-state index in [4.69, 9.17) is 94.7 Å². The fourth-order valence-electron chi connectivity index (χ4n) is 11.6. The summed E-state index contributed by atoms with van der Waals surface area (Å²) in [6.07, 6.45) is 9.09. The highest BCUT2D eigenvalue weighted by atomic mass is 16.6. The monoisotopic (exact) mass is 1870 g/mol. The van der Waals surface area contributed by atoms with Gasteiger partial charge in [-0.15, -0.1) is 0 Å².